The first kappa shape index (κ1) is 24.6. The van der Waals surface area contributed by atoms with E-state index in [1.54, 1.807) is 0 Å². The van der Waals surface area contributed by atoms with Crippen LogP contribution >= 0.6 is 15.9 Å². The van der Waals surface area contributed by atoms with Crippen molar-refractivity contribution in [3.63, 3.8) is 0 Å². The molecule has 0 aliphatic rings. The SMILES string of the molecule is CC(C)(C)NC(=O)c1ccc(F)cn1.CC(C)(C)NC(=O)c1ncc(F)cc1Br. The highest BCUT2D eigenvalue weighted by atomic mass is 79.9. The van der Waals surface area contributed by atoms with Gasteiger partial charge in [-0.3, -0.25) is 9.59 Å². The summed E-state index contributed by atoms with van der Waals surface area (Å²) in [7, 11) is 0. The van der Waals surface area contributed by atoms with Crippen molar-refractivity contribution in [1.29, 1.82) is 0 Å². The van der Waals surface area contributed by atoms with E-state index in [1.807, 2.05) is 41.5 Å². The number of nitrogens with one attached hydrogen (secondary N) is 2. The molecule has 0 saturated heterocycles. The molecular weight excluding hydrogens is 446 g/mol. The van der Waals surface area contributed by atoms with Crippen molar-refractivity contribution < 1.29 is 18.4 Å². The van der Waals surface area contributed by atoms with E-state index >= 15 is 0 Å². The molecule has 2 rings (SSSR count). The van der Waals surface area contributed by atoms with Gasteiger partial charge in [0, 0.05) is 11.1 Å². The summed E-state index contributed by atoms with van der Waals surface area (Å²) >= 11 is 3.09. The van der Waals surface area contributed by atoms with Crippen molar-refractivity contribution in [3.8, 4) is 0 Å². The number of amides is 2. The molecule has 2 aromatic heterocycles. The Morgan fingerprint density at radius 2 is 1.38 bits per heavy atom. The summed E-state index contributed by atoms with van der Waals surface area (Å²) < 4.78 is 25.6. The fraction of sp³-hybridized carbons (Fsp3) is 0.400. The minimum atomic E-state index is -0.478. The first-order valence-corrected chi connectivity index (χ1v) is 9.55. The van der Waals surface area contributed by atoms with E-state index in [-0.39, 0.29) is 34.3 Å². The Balaban J connectivity index is 0.000000291. The van der Waals surface area contributed by atoms with Gasteiger partial charge in [-0.05, 0) is 75.7 Å². The maximum atomic E-state index is 12.7. The molecule has 158 valence electrons. The van der Waals surface area contributed by atoms with Gasteiger partial charge in [0.2, 0.25) is 0 Å². The summed E-state index contributed by atoms with van der Waals surface area (Å²) in [6, 6.07) is 3.78. The molecule has 9 heteroatoms. The van der Waals surface area contributed by atoms with Gasteiger partial charge < -0.3 is 10.6 Å². The maximum absolute atomic E-state index is 12.7. The number of rotatable bonds is 2. The number of hydrogen-bond acceptors (Lipinski definition) is 4. The van der Waals surface area contributed by atoms with Crippen molar-refractivity contribution in [2.45, 2.75) is 52.6 Å². The molecule has 0 atom stereocenters. The highest BCUT2D eigenvalue weighted by Crippen LogP contribution is 2.16. The molecule has 0 saturated carbocycles. The molecule has 0 radical (unpaired) electrons. The van der Waals surface area contributed by atoms with Crippen LogP contribution in [0.3, 0.4) is 0 Å². The maximum Gasteiger partial charge on any atom is 0.271 e. The van der Waals surface area contributed by atoms with E-state index in [1.165, 1.54) is 18.2 Å². The van der Waals surface area contributed by atoms with Gasteiger partial charge in [0.15, 0.2) is 0 Å². The zero-order valence-electron chi connectivity index (χ0n) is 17.2. The Bertz CT molecular complexity index is 860. The quantitative estimate of drug-likeness (QED) is 0.686. The summed E-state index contributed by atoms with van der Waals surface area (Å²) in [6.07, 6.45) is 2.04. The van der Waals surface area contributed by atoms with Gasteiger partial charge >= 0.3 is 0 Å². The number of pyridine rings is 2. The molecule has 0 aliphatic heterocycles. The van der Waals surface area contributed by atoms with Crippen molar-refractivity contribution in [3.05, 3.63) is 58.1 Å². The van der Waals surface area contributed by atoms with E-state index < -0.39 is 11.6 Å². The van der Waals surface area contributed by atoms with E-state index in [2.05, 4.69) is 36.5 Å². The zero-order valence-corrected chi connectivity index (χ0v) is 18.8. The smallest absolute Gasteiger partial charge is 0.271 e. The number of carbonyl (C=O) groups excluding carboxylic acids is 2. The Hall–Kier alpha value is -2.42. The fourth-order valence-corrected chi connectivity index (χ4v) is 2.40. The van der Waals surface area contributed by atoms with Gasteiger partial charge in [-0.25, -0.2) is 18.7 Å². The minimum absolute atomic E-state index is 0.186. The summed E-state index contributed by atoms with van der Waals surface area (Å²) in [5.74, 6) is -1.54. The highest BCUT2D eigenvalue weighted by molar-refractivity contribution is 9.10. The molecule has 0 aliphatic carbocycles. The normalized spacial score (nSPS) is 11.2. The largest absolute Gasteiger partial charge is 0.346 e. The number of nitrogens with zero attached hydrogens (tertiary/aromatic N) is 2. The van der Waals surface area contributed by atoms with Crippen LogP contribution in [-0.4, -0.2) is 32.9 Å². The molecule has 0 aromatic carbocycles. The topological polar surface area (TPSA) is 84.0 Å². The first-order valence-electron chi connectivity index (χ1n) is 8.75. The van der Waals surface area contributed by atoms with Gasteiger partial charge in [0.05, 0.1) is 16.9 Å². The van der Waals surface area contributed by atoms with E-state index in [0.717, 1.165) is 12.4 Å². The van der Waals surface area contributed by atoms with Crippen LogP contribution in [0.25, 0.3) is 0 Å². The van der Waals surface area contributed by atoms with E-state index in [4.69, 9.17) is 0 Å². The lowest BCUT2D eigenvalue weighted by Crippen LogP contribution is -2.41. The van der Waals surface area contributed by atoms with Gasteiger partial charge in [0.25, 0.3) is 11.8 Å². The van der Waals surface area contributed by atoms with Crippen LogP contribution in [0.1, 0.15) is 62.5 Å². The molecule has 29 heavy (non-hydrogen) atoms. The Morgan fingerprint density at radius 3 is 1.83 bits per heavy atom. The molecule has 2 amide bonds. The van der Waals surface area contributed by atoms with Gasteiger partial charge in [-0.2, -0.15) is 0 Å². The Kier molecular flexibility index (Phi) is 8.37. The molecule has 0 fully saturated rings. The summed E-state index contributed by atoms with van der Waals surface area (Å²) in [5.41, 5.74) is -0.243. The van der Waals surface area contributed by atoms with Gasteiger partial charge in [-0.15, -0.1) is 0 Å². The van der Waals surface area contributed by atoms with Crippen molar-refractivity contribution in [2.24, 2.45) is 0 Å². The monoisotopic (exact) mass is 470 g/mol. The van der Waals surface area contributed by atoms with Crippen LogP contribution in [0.2, 0.25) is 0 Å². The molecule has 2 heterocycles. The van der Waals surface area contributed by atoms with Crippen molar-refractivity contribution in [1.82, 2.24) is 20.6 Å². The number of aromatic nitrogens is 2. The lowest BCUT2D eigenvalue weighted by atomic mass is 10.1. The molecule has 0 bridgehead atoms. The van der Waals surface area contributed by atoms with E-state index in [9.17, 15) is 18.4 Å². The van der Waals surface area contributed by atoms with Crippen LogP contribution in [-0.2, 0) is 0 Å². The van der Waals surface area contributed by atoms with Crippen LogP contribution in [0.15, 0.2) is 35.1 Å². The molecular formula is C20H25BrF2N4O2. The third kappa shape index (κ3) is 9.56. The average Bonchev–Trinajstić information content (AvgIpc) is 2.52. The molecule has 0 unspecified atom stereocenters. The lowest BCUT2D eigenvalue weighted by molar-refractivity contribution is 0.0904. The summed E-state index contributed by atoms with van der Waals surface area (Å²) in [4.78, 5) is 30.5. The third-order valence-electron chi connectivity index (χ3n) is 2.96. The number of carbonyl (C=O) groups is 2. The van der Waals surface area contributed by atoms with Crippen LogP contribution in [0, 0.1) is 11.6 Å². The molecule has 2 N–H and O–H groups in total. The Morgan fingerprint density at radius 1 is 0.862 bits per heavy atom. The average molecular weight is 471 g/mol. The molecule has 2 aromatic rings. The van der Waals surface area contributed by atoms with Crippen molar-refractivity contribution >= 4 is 27.7 Å². The number of hydrogen-bond donors (Lipinski definition) is 2. The zero-order chi connectivity index (χ0) is 22.4. The lowest BCUT2D eigenvalue weighted by Gasteiger charge is -2.20. The second kappa shape index (κ2) is 9.87. The minimum Gasteiger partial charge on any atom is -0.346 e. The summed E-state index contributed by atoms with van der Waals surface area (Å²) in [5, 5.41) is 5.47. The Labute approximate surface area is 177 Å². The highest BCUT2D eigenvalue weighted by Gasteiger charge is 2.18. The first-order chi connectivity index (χ1) is 13.2. The van der Waals surface area contributed by atoms with Gasteiger partial charge in [-0.1, -0.05) is 0 Å². The van der Waals surface area contributed by atoms with Crippen LogP contribution in [0.5, 0.6) is 0 Å². The van der Waals surface area contributed by atoms with Crippen LogP contribution in [0.4, 0.5) is 8.78 Å². The van der Waals surface area contributed by atoms with Crippen molar-refractivity contribution in [2.75, 3.05) is 0 Å². The third-order valence-corrected chi connectivity index (χ3v) is 3.56. The molecule has 6 nitrogen and oxygen atoms in total. The standard InChI is InChI=1S/C10H12BrFN2O.C10H13FN2O/c1-10(2,3)14-9(15)8-7(11)4-6(12)5-13-8;1-10(2,3)13-9(14)8-5-4-7(11)6-12-8/h4-5H,1-3H3,(H,14,15);4-6H,1-3H3,(H,13,14). The number of halogens is 3. The predicted octanol–water partition coefficient (Wildman–Crippen LogP) is 4.26. The van der Waals surface area contributed by atoms with Crippen LogP contribution < -0.4 is 10.6 Å². The fourth-order valence-electron chi connectivity index (χ4n) is 1.90. The second-order valence-corrected chi connectivity index (χ2v) is 9.11. The molecule has 0 spiro atoms. The summed E-state index contributed by atoms with van der Waals surface area (Å²) in [6.45, 7) is 11.2. The van der Waals surface area contributed by atoms with Gasteiger partial charge in [0.1, 0.15) is 23.0 Å². The predicted molar refractivity (Wildman–Crippen MR) is 111 cm³/mol. The van der Waals surface area contributed by atoms with E-state index in [0.29, 0.717) is 4.47 Å². The second-order valence-electron chi connectivity index (χ2n) is 8.25.